The molecular formula is C19H23NO4. The molecule has 5 nitrogen and oxygen atoms in total. The molecule has 2 fully saturated rings. The van der Waals surface area contributed by atoms with Crippen LogP contribution in [0.2, 0.25) is 0 Å². The van der Waals surface area contributed by atoms with Crippen LogP contribution in [0.15, 0.2) is 24.3 Å². The van der Waals surface area contributed by atoms with Crippen LogP contribution >= 0.6 is 0 Å². The highest BCUT2D eigenvalue weighted by Gasteiger charge is 2.47. The number of amides is 1. The molecule has 1 saturated carbocycles. The minimum atomic E-state index is -0.898. The SMILES string of the molecule is CC(=O)c1ccc(CC(=O)N2C(C(=O)O)CC3CCCCC32)cc1. The zero-order valence-electron chi connectivity index (χ0n) is 13.9. The highest BCUT2D eigenvalue weighted by Crippen LogP contribution is 2.40. The Balaban J connectivity index is 1.76. The maximum Gasteiger partial charge on any atom is 0.326 e. The Bertz CT molecular complexity index is 652. The third-order valence-corrected chi connectivity index (χ3v) is 5.38. The second kappa shape index (κ2) is 6.75. The van der Waals surface area contributed by atoms with Gasteiger partial charge >= 0.3 is 5.97 Å². The summed E-state index contributed by atoms with van der Waals surface area (Å²) < 4.78 is 0. The van der Waals surface area contributed by atoms with E-state index in [1.54, 1.807) is 29.2 Å². The number of carboxylic acids is 1. The van der Waals surface area contributed by atoms with E-state index in [4.69, 9.17) is 0 Å². The first-order valence-corrected chi connectivity index (χ1v) is 8.61. The molecule has 0 radical (unpaired) electrons. The van der Waals surface area contributed by atoms with Crippen LogP contribution in [0.25, 0.3) is 0 Å². The van der Waals surface area contributed by atoms with E-state index in [9.17, 15) is 19.5 Å². The van der Waals surface area contributed by atoms with Gasteiger partial charge in [0.25, 0.3) is 0 Å². The van der Waals surface area contributed by atoms with Gasteiger partial charge in [-0.25, -0.2) is 4.79 Å². The number of benzene rings is 1. The van der Waals surface area contributed by atoms with E-state index >= 15 is 0 Å². The Morgan fingerprint density at radius 1 is 1.12 bits per heavy atom. The molecule has 0 bridgehead atoms. The summed E-state index contributed by atoms with van der Waals surface area (Å²) in [5, 5.41) is 9.51. The number of fused-ring (bicyclic) bond motifs is 1. The fraction of sp³-hybridized carbons (Fsp3) is 0.526. The monoisotopic (exact) mass is 329 g/mol. The molecule has 3 unspecified atom stereocenters. The van der Waals surface area contributed by atoms with Gasteiger partial charge in [0.2, 0.25) is 5.91 Å². The van der Waals surface area contributed by atoms with E-state index in [1.165, 1.54) is 6.92 Å². The minimum Gasteiger partial charge on any atom is -0.480 e. The Labute approximate surface area is 141 Å². The van der Waals surface area contributed by atoms with Gasteiger partial charge in [0, 0.05) is 11.6 Å². The van der Waals surface area contributed by atoms with E-state index < -0.39 is 12.0 Å². The number of carbonyl (C=O) groups is 3. The number of rotatable bonds is 4. The lowest BCUT2D eigenvalue weighted by atomic mass is 9.84. The zero-order valence-corrected chi connectivity index (χ0v) is 13.9. The average Bonchev–Trinajstić information content (AvgIpc) is 2.95. The quantitative estimate of drug-likeness (QED) is 0.862. The summed E-state index contributed by atoms with van der Waals surface area (Å²) in [6.45, 7) is 1.51. The molecule has 2 aliphatic rings. The van der Waals surface area contributed by atoms with Crippen molar-refractivity contribution in [1.82, 2.24) is 4.90 Å². The Hall–Kier alpha value is -2.17. The highest BCUT2D eigenvalue weighted by atomic mass is 16.4. The molecule has 1 aromatic rings. The molecule has 1 aromatic carbocycles. The van der Waals surface area contributed by atoms with Gasteiger partial charge in [-0.3, -0.25) is 9.59 Å². The van der Waals surface area contributed by atoms with Gasteiger partial charge in [0.15, 0.2) is 5.78 Å². The molecule has 3 rings (SSSR count). The second-order valence-electron chi connectivity index (χ2n) is 6.93. The van der Waals surface area contributed by atoms with E-state index in [0.717, 1.165) is 31.2 Å². The zero-order chi connectivity index (χ0) is 17.3. The van der Waals surface area contributed by atoms with Crippen molar-refractivity contribution in [2.24, 2.45) is 5.92 Å². The predicted octanol–water partition coefficient (Wildman–Crippen LogP) is 2.68. The number of likely N-dealkylation sites (tertiary alicyclic amines) is 1. The van der Waals surface area contributed by atoms with Crippen LogP contribution in [-0.4, -0.2) is 39.7 Å². The van der Waals surface area contributed by atoms with Crippen molar-refractivity contribution in [3.05, 3.63) is 35.4 Å². The van der Waals surface area contributed by atoms with Crippen molar-refractivity contribution >= 4 is 17.7 Å². The Morgan fingerprint density at radius 2 is 1.79 bits per heavy atom. The lowest BCUT2D eigenvalue weighted by Crippen LogP contribution is -2.46. The van der Waals surface area contributed by atoms with Crippen LogP contribution < -0.4 is 0 Å². The van der Waals surface area contributed by atoms with E-state index in [1.807, 2.05) is 0 Å². The molecule has 1 amide bonds. The van der Waals surface area contributed by atoms with Crippen LogP contribution in [0, 0.1) is 5.92 Å². The second-order valence-corrected chi connectivity index (χ2v) is 6.93. The first-order valence-electron chi connectivity index (χ1n) is 8.61. The van der Waals surface area contributed by atoms with Gasteiger partial charge in [0.1, 0.15) is 6.04 Å². The van der Waals surface area contributed by atoms with Crippen molar-refractivity contribution in [2.45, 2.75) is 57.5 Å². The lowest BCUT2D eigenvalue weighted by molar-refractivity contribution is -0.149. The summed E-state index contributed by atoms with van der Waals surface area (Å²) in [5.74, 6) is -0.704. The fourth-order valence-electron chi connectivity index (χ4n) is 4.16. The summed E-state index contributed by atoms with van der Waals surface area (Å²) in [6.07, 6.45) is 4.88. The number of aliphatic carboxylic acids is 1. The molecule has 1 N–H and O–H groups in total. The molecule has 3 atom stereocenters. The van der Waals surface area contributed by atoms with Gasteiger partial charge in [-0.1, -0.05) is 37.1 Å². The van der Waals surface area contributed by atoms with Crippen LogP contribution in [0.3, 0.4) is 0 Å². The summed E-state index contributed by atoms with van der Waals surface area (Å²) >= 11 is 0. The Morgan fingerprint density at radius 3 is 2.42 bits per heavy atom. The first-order chi connectivity index (χ1) is 11.5. The molecule has 1 saturated heterocycles. The molecule has 0 spiro atoms. The molecule has 0 aromatic heterocycles. The highest BCUT2D eigenvalue weighted by molar-refractivity contribution is 5.94. The van der Waals surface area contributed by atoms with Gasteiger partial charge < -0.3 is 10.0 Å². The van der Waals surface area contributed by atoms with Crippen molar-refractivity contribution < 1.29 is 19.5 Å². The number of carboxylic acid groups (broad SMARTS) is 1. The summed E-state index contributed by atoms with van der Waals surface area (Å²) in [4.78, 5) is 37.4. The molecule has 1 aliphatic carbocycles. The van der Waals surface area contributed by atoms with Crippen molar-refractivity contribution in [3.8, 4) is 0 Å². The minimum absolute atomic E-state index is 0.0107. The Kier molecular flexibility index (Phi) is 4.69. The van der Waals surface area contributed by atoms with Gasteiger partial charge in [-0.2, -0.15) is 0 Å². The molecular weight excluding hydrogens is 306 g/mol. The molecule has 128 valence electrons. The number of hydrogen-bond acceptors (Lipinski definition) is 3. The van der Waals surface area contributed by atoms with Crippen molar-refractivity contribution in [1.29, 1.82) is 0 Å². The third kappa shape index (κ3) is 3.21. The number of ketones is 1. The van der Waals surface area contributed by atoms with E-state index in [2.05, 4.69) is 0 Å². The maximum atomic E-state index is 12.8. The van der Waals surface area contributed by atoms with Crippen molar-refractivity contribution in [3.63, 3.8) is 0 Å². The fourth-order valence-corrected chi connectivity index (χ4v) is 4.16. The van der Waals surface area contributed by atoms with E-state index in [-0.39, 0.29) is 24.2 Å². The largest absolute Gasteiger partial charge is 0.480 e. The van der Waals surface area contributed by atoms with E-state index in [0.29, 0.717) is 17.9 Å². The third-order valence-electron chi connectivity index (χ3n) is 5.38. The van der Waals surface area contributed by atoms with Crippen LogP contribution in [-0.2, 0) is 16.0 Å². The summed E-state index contributed by atoms with van der Waals surface area (Å²) in [7, 11) is 0. The molecule has 1 heterocycles. The summed E-state index contributed by atoms with van der Waals surface area (Å²) in [5.41, 5.74) is 1.43. The van der Waals surface area contributed by atoms with Gasteiger partial charge in [-0.15, -0.1) is 0 Å². The number of hydrogen-bond donors (Lipinski definition) is 1. The van der Waals surface area contributed by atoms with Crippen LogP contribution in [0.4, 0.5) is 0 Å². The lowest BCUT2D eigenvalue weighted by Gasteiger charge is -2.33. The maximum absolute atomic E-state index is 12.8. The van der Waals surface area contributed by atoms with Crippen molar-refractivity contribution in [2.75, 3.05) is 0 Å². The number of Topliss-reactive ketones (excluding diaryl/α,β-unsaturated/α-hetero) is 1. The van der Waals surface area contributed by atoms with Crippen LogP contribution in [0.5, 0.6) is 0 Å². The molecule has 1 aliphatic heterocycles. The first kappa shape index (κ1) is 16.7. The van der Waals surface area contributed by atoms with Gasteiger partial charge in [-0.05, 0) is 37.7 Å². The smallest absolute Gasteiger partial charge is 0.326 e. The van der Waals surface area contributed by atoms with Crippen LogP contribution in [0.1, 0.15) is 54.9 Å². The van der Waals surface area contributed by atoms with Gasteiger partial charge in [0.05, 0.1) is 6.42 Å². The summed E-state index contributed by atoms with van der Waals surface area (Å²) in [6, 6.07) is 6.36. The standard InChI is InChI=1S/C19H23NO4/c1-12(21)14-8-6-13(7-9-14)10-18(22)20-16-5-3-2-4-15(16)11-17(20)19(23)24/h6-9,15-17H,2-5,10-11H2,1H3,(H,23,24). The number of carbonyl (C=O) groups excluding carboxylic acids is 2. The molecule has 24 heavy (non-hydrogen) atoms. The average molecular weight is 329 g/mol. The molecule has 5 heteroatoms. The topological polar surface area (TPSA) is 74.7 Å². The normalized spacial score (nSPS) is 26.0. The number of nitrogens with zero attached hydrogens (tertiary/aromatic N) is 1. The predicted molar refractivity (Wildman–Crippen MR) is 88.8 cm³/mol.